The quantitative estimate of drug-likeness (QED) is 0.785. The second kappa shape index (κ2) is 6.93. The van der Waals surface area contributed by atoms with Crippen molar-refractivity contribution >= 4 is 15.7 Å². The first kappa shape index (κ1) is 17.8. The molecule has 130 valence electrons. The summed E-state index contributed by atoms with van der Waals surface area (Å²) in [6, 6.07) is 3.57. The number of hydrogen-bond acceptors (Lipinski definition) is 5. The predicted octanol–water partition coefficient (Wildman–Crippen LogP) is 1.67. The van der Waals surface area contributed by atoms with Gasteiger partial charge in [-0.25, -0.2) is 13.1 Å². The molecule has 10 heteroatoms. The summed E-state index contributed by atoms with van der Waals surface area (Å²) in [6.45, 7) is -0.508. The first-order valence-corrected chi connectivity index (χ1v) is 8.36. The van der Waals surface area contributed by atoms with Gasteiger partial charge in [-0.1, -0.05) is 0 Å². The van der Waals surface area contributed by atoms with E-state index >= 15 is 0 Å². The normalized spacial score (nSPS) is 17.2. The minimum Gasteiger partial charge on any atom is -0.488 e. The fraction of sp³-hybridized carbons (Fsp3) is 0.538. The van der Waals surface area contributed by atoms with Gasteiger partial charge in [-0.05, 0) is 18.2 Å². The van der Waals surface area contributed by atoms with Gasteiger partial charge in [0.05, 0.1) is 23.8 Å². The molecule has 1 aromatic rings. The molecule has 0 aromatic heterocycles. The summed E-state index contributed by atoms with van der Waals surface area (Å²) in [5, 5.41) is 0. The smallest absolute Gasteiger partial charge is 0.402 e. The average molecular weight is 354 g/mol. The van der Waals surface area contributed by atoms with Crippen molar-refractivity contribution in [1.82, 2.24) is 4.72 Å². The topological polar surface area (TPSA) is 90.7 Å². The maximum Gasteiger partial charge on any atom is 0.402 e. The van der Waals surface area contributed by atoms with Crippen LogP contribution in [-0.4, -0.2) is 40.5 Å². The third-order valence-electron chi connectivity index (χ3n) is 3.22. The summed E-state index contributed by atoms with van der Waals surface area (Å²) < 4.78 is 72.3. The van der Waals surface area contributed by atoms with Crippen molar-refractivity contribution in [3.63, 3.8) is 0 Å². The number of rotatable bonds is 5. The van der Waals surface area contributed by atoms with Crippen molar-refractivity contribution in [3.05, 3.63) is 18.2 Å². The number of nitrogens with one attached hydrogen (secondary N) is 1. The molecular formula is C13H17F3N2O4S. The van der Waals surface area contributed by atoms with E-state index in [0.717, 1.165) is 12.1 Å². The molecule has 0 unspecified atom stereocenters. The lowest BCUT2D eigenvalue weighted by atomic mass is 10.1. The summed E-state index contributed by atoms with van der Waals surface area (Å²) in [4.78, 5) is -0.349. The van der Waals surface area contributed by atoms with Gasteiger partial charge in [-0.2, -0.15) is 13.2 Å². The Morgan fingerprint density at radius 3 is 2.52 bits per heavy atom. The Labute approximate surface area is 131 Å². The molecule has 1 aliphatic heterocycles. The zero-order chi connectivity index (χ0) is 17.1. The summed E-state index contributed by atoms with van der Waals surface area (Å²) in [5.41, 5.74) is 5.79. The van der Waals surface area contributed by atoms with Crippen LogP contribution in [-0.2, 0) is 14.8 Å². The molecule has 1 heterocycles. The van der Waals surface area contributed by atoms with Crippen LogP contribution in [0.3, 0.4) is 0 Å². The molecule has 0 aliphatic carbocycles. The predicted molar refractivity (Wildman–Crippen MR) is 76.6 cm³/mol. The van der Waals surface area contributed by atoms with Crippen molar-refractivity contribution in [3.8, 4) is 5.75 Å². The molecule has 1 saturated heterocycles. The van der Waals surface area contributed by atoms with Gasteiger partial charge in [0.2, 0.25) is 10.0 Å². The molecule has 3 N–H and O–H groups in total. The van der Waals surface area contributed by atoms with Crippen LogP contribution in [0.4, 0.5) is 18.9 Å². The molecule has 0 atom stereocenters. The fourth-order valence-corrected chi connectivity index (χ4v) is 3.08. The van der Waals surface area contributed by atoms with E-state index in [9.17, 15) is 21.6 Å². The standard InChI is InChI=1S/C13H17F3N2O4S/c14-13(15,16)8-18-23(19,20)10-1-2-12(11(17)7-10)22-9-3-5-21-6-4-9/h1-2,7,9,18H,3-6,8,17H2. The number of ether oxygens (including phenoxy) is 2. The molecule has 1 aliphatic rings. The van der Waals surface area contributed by atoms with E-state index in [-0.39, 0.29) is 16.7 Å². The molecule has 0 spiro atoms. The number of anilines is 1. The van der Waals surface area contributed by atoms with Crippen LogP contribution in [0.1, 0.15) is 12.8 Å². The highest BCUT2D eigenvalue weighted by Crippen LogP contribution is 2.27. The summed E-state index contributed by atoms with van der Waals surface area (Å²) in [7, 11) is -4.29. The van der Waals surface area contributed by atoms with Gasteiger partial charge in [-0.15, -0.1) is 0 Å². The molecule has 0 saturated carbocycles. The van der Waals surface area contributed by atoms with Gasteiger partial charge in [-0.3, -0.25) is 0 Å². The van der Waals surface area contributed by atoms with Crippen molar-refractivity contribution in [2.45, 2.75) is 30.0 Å². The Hall–Kier alpha value is -1.52. The number of halogens is 3. The van der Waals surface area contributed by atoms with Crippen molar-refractivity contribution in [2.75, 3.05) is 25.5 Å². The molecule has 1 aromatic carbocycles. The third-order valence-corrected chi connectivity index (χ3v) is 4.62. The highest BCUT2D eigenvalue weighted by atomic mass is 32.2. The number of alkyl halides is 3. The molecule has 23 heavy (non-hydrogen) atoms. The van der Waals surface area contributed by atoms with E-state index in [1.54, 1.807) is 0 Å². The lowest BCUT2D eigenvalue weighted by Gasteiger charge is -2.24. The minimum atomic E-state index is -4.63. The second-order valence-corrected chi connectivity index (χ2v) is 6.84. The van der Waals surface area contributed by atoms with Crippen molar-refractivity contribution < 1.29 is 31.1 Å². The molecule has 0 bridgehead atoms. The third kappa shape index (κ3) is 5.26. The second-order valence-electron chi connectivity index (χ2n) is 5.07. The number of benzene rings is 1. The van der Waals surface area contributed by atoms with E-state index in [4.69, 9.17) is 15.2 Å². The van der Waals surface area contributed by atoms with Crippen LogP contribution in [0, 0.1) is 0 Å². The van der Waals surface area contributed by atoms with Crippen LogP contribution in [0.5, 0.6) is 5.75 Å². The number of nitrogens with two attached hydrogens (primary N) is 1. The monoisotopic (exact) mass is 354 g/mol. The largest absolute Gasteiger partial charge is 0.488 e. The van der Waals surface area contributed by atoms with Crippen LogP contribution in [0.2, 0.25) is 0 Å². The van der Waals surface area contributed by atoms with Gasteiger partial charge in [0.15, 0.2) is 0 Å². The van der Waals surface area contributed by atoms with E-state index in [2.05, 4.69) is 0 Å². The van der Waals surface area contributed by atoms with Crippen LogP contribution < -0.4 is 15.2 Å². The molecule has 0 radical (unpaired) electrons. The molecular weight excluding hydrogens is 337 g/mol. The zero-order valence-corrected chi connectivity index (χ0v) is 12.9. The Morgan fingerprint density at radius 1 is 1.30 bits per heavy atom. The van der Waals surface area contributed by atoms with E-state index in [0.29, 0.717) is 31.8 Å². The highest BCUT2D eigenvalue weighted by molar-refractivity contribution is 7.89. The van der Waals surface area contributed by atoms with Gasteiger partial charge in [0.25, 0.3) is 0 Å². The van der Waals surface area contributed by atoms with Crippen molar-refractivity contribution in [1.29, 1.82) is 0 Å². The lowest BCUT2D eigenvalue weighted by molar-refractivity contribution is -0.121. The first-order chi connectivity index (χ1) is 10.7. The van der Waals surface area contributed by atoms with Gasteiger partial charge >= 0.3 is 6.18 Å². The zero-order valence-electron chi connectivity index (χ0n) is 12.1. The molecule has 2 rings (SSSR count). The molecule has 0 amide bonds. The summed E-state index contributed by atoms with van der Waals surface area (Å²) in [6.07, 6.45) is -3.35. The van der Waals surface area contributed by atoms with Crippen LogP contribution in [0.25, 0.3) is 0 Å². The Bertz CT molecular complexity index is 643. The van der Waals surface area contributed by atoms with Crippen LogP contribution in [0.15, 0.2) is 23.1 Å². The van der Waals surface area contributed by atoms with Crippen LogP contribution >= 0.6 is 0 Å². The number of hydrogen-bond donors (Lipinski definition) is 2. The Kier molecular flexibility index (Phi) is 5.37. The fourth-order valence-electron chi connectivity index (χ4n) is 2.03. The Morgan fingerprint density at radius 2 is 1.96 bits per heavy atom. The number of nitrogen functional groups attached to an aromatic ring is 1. The Balaban J connectivity index is 2.08. The summed E-state index contributed by atoms with van der Waals surface area (Å²) in [5.74, 6) is 0.298. The number of sulfonamides is 1. The lowest BCUT2D eigenvalue weighted by Crippen LogP contribution is -2.33. The summed E-state index contributed by atoms with van der Waals surface area (Å²) >= 11 is 0. The van der Waals surface area contributed by atoms with E-state index in [1.165, 1.54) is 10.8 Å². The molecule has 6 nitrogen and oxygen atoms in total. The maximum atomic E-state index is 12.1. The SMILES string of the molecule is Nc1cc(S(=O)(=O)NCC(F)(F)F)ccc1OC1CCOCC1. The van der Waals surface area contributed by atoms with E-state index < -0.39 is 22.7 Å². The van der Waals surface area contributed by atoms with Crippen molar-refractivity contribution in [2.24, 2.45) is 0 Å². The highest BCUT2D eigenvalue weighted by Gasteiger charge is 2.30. The minimum absolute atomic E-state index is 0.0476. The van der Waals surface area contributed by atoms with Gasteiger partial charge in [0.1, 0.15) is 18.4 Å². The van der Waals surface area contributed by atoms with E-state index in [1.807, 2.05) is 0 Å². The van der Waals surface area contributed by atoms with Gasteiger partial charge < -0.3 is 15.2 Å². The molecule has 1 fully saturated rings. The average Bonchev–Trinajstić information content (AvgIpc) is 2.48. The van der Waals surface area contributed by atoms with Gasteiger partial charge in [0, 0.05) is 12.8 Å². The maximum absolute atomic E-state index is 12.1. The first-order valence-electron chi connectivity index (χ1n) is 6.88.